The van der Waals surface area contributed by atoms with Crippen LogP contribution in [-0.4, -0.2) is 25.7 Å². The summed E-state index contributed by atoms with van der Waals surface area (Å²) in [6.07, 6.45) is -1.21. The molecule has 0 saturated carbocycles. The van der Waals surface area contributed by atoms with E-state index in [9.17, 15) is 18.0 Å². The molecule has 0 unspecified atom stereocenters. The van der Waals surface area contributed by atoms with Gasteiger partial charge >= 0.3 is 6.18 Å². The molecule has 2 N–H and O–H groups in total. The number of aromatic nitrogens is 4. The van der Waals surface area contributed by atoms with Gasteiger partial charge in [0.2, 0.25) is 0 Å². The van der Waals surface area contributed by atoms with E-state index in [1.54, 1.807) is 60.4 Å². The van der Waals surface area contributed by atoms with E-state index in [1.807, 2.05) is 0 Å². The van der Waals surface area contributed by atoms with Crippen molar-refractivity contribution >= 4 is 23.1 Å². The summed E-state index contributed by atoms with van der Waals surface area (Å²) in [5.41, 5.74) is -0.399. The van der Waals surface area contributed by atoms with Crippen molar-refractivity contribution in [3.8, 4) is 5.82 Å². The third-order valence-electron chi connectivity index (χ3n) is 4.46. The maximum Gasteiger partial charge on any atom is 0.417 e. The van der Waals surface area contributed by atoms with Crippen molar-refractivity contribution in [3.63, 3.8) is 0 Å². The second kappa shape index (κ2) is 8.50. The number of alkyl halides is 3. The van der Waals surface area contributed by atoms with E-state index in [1.165, 1.54) is 12.1 Å². The number of carbonyl (C=O) groups is 1. The molecule has 32 heavy (non-hydrogen) atoms. The van der Waals surface area contributed by atoms with Crippen LogP contribution in [0, 0.1) is 6.92 Å². The molecule has 0 spiro atoms. The van der Waals surface area contributed by atoms with Crippen LogP contribution in [0.3, 0.4) is 0 Å². The molecule has 4 aromatic rings. The Balaban J connectivity index is 1.49. The molecular weight excluding hydrogens is 421 g/mol. The Labute approximate surface area is 181 Å². The van der Waals surface area contributed by atoms with Crippen molar-refractivity contribution in [1.29, 1.82) is 0 Å². The molecule has 162 valence electrons. The number of aryl methyl sites for hydroxylation is 1. The lowest BCUT2D eigenvalue weighted by Crippen LogP contribution is -2.18. The number of rotatable bonds is 5. The van der Waals surface area contributed by atoms with Crippen molar-refractivity contribution in [2.45, 2.75) is 13.1 Å². The van der Waals surface area contributed by atoms with Crippen LogP contribution >= 0.6 is 0 Å². The van der Waals surface area contributed by atoms with Gasteiger partial charge < -0.3 is 10.6 Å². The fourth-order valence-corrected chi connectivity index (χ4v) is 3.05. The highest BCUT2D eigenvalue weighted by molar-refractivity contribution is 6.05. The number of nitrogens with zero attached hydrogens (tertiary/aromatic N) is 4. The predicted octanol–water partition coefficient (Wildman–Crippen LogP) is 4.99. The highest BCUT2D eigenvalue weighted by Gasteiger charge is 2.34. The Bertz CT molecular complexity index is 1240. The van der Waals surface area contributed by atoms with Crippen LogP contribution in [0.4, 0.5) is 30.4 Å². The van der Waals surface area contributed by atoms with E-state index in [4.69, 9.17) is 0 Å². The zero-order valence-electron chi connectivity index (χ0n) is 16.8. The van der Waals surface area contributed by atoms with Gasteiger partial charge in [-0.2, -0.15) is 18.3 Å². The Morgan fingerprint density at radius 1 is 0.969 bits per heavy atom. The lowest BCUT2D eigenvalue weighted by Gasteiger charge is -2.13. The summed E-state index contributed by atoms with van der Waals surface area (Å²) in [5, 5.41) is 9.78. The third-order valence-corrected chi connectivity index (χ3v) is 4.46. The van der Waals surface area contributed by atoms with E-state index in [0.717, 1.165) is 12.1 Å². The number of benzene rings is 2. The summed E-state index contributed by atoms with van der Waals surface area (Å²) >= 11 is 0. The number of halogens is 3. The van der Waals surface area contributed by atoms with Crippen LogP contribution in [0.1, 0.15) is 21.7 Å². The van der Waals surface area contributed by atoms with Crippen LogP contribution in [0.5, 0.6) is 0 Å². The third kappa shape index (κ3) is 4.75. The van der Waals surface area contributed by atoms with Gasteiger partial charge in [-0.05, 0) is 49.4 Å². The Morgan fingerprint density at radius 2 is 1.69 bits per heavy atom. The summed E-state index contributed by atoms with van der Waals surface area (Å²) in [6, 6.07) is 14.7. The first-order valence-electron chi connectivity index (χ1n) is 9.50. The summed E-state index contributed by atoms with van der Waals surface area (Å²) in [6.45, 7) is 1.76. The van der Waals surface area contributed by atoms with Crippen LogP contribution < -0.4 is 10.6 Å². The Hall–Kier alpha value is -4.21. The molecule has 2 heterocycles. The molecule has 0 aliphatic carbocycles. The molecule has 0 fully saturated rings. The number of carbonyl (C=O) groups excluding carboxylic acids is 1. The molecule has 1 amide bonds. The van der Waals surface area contributed by atoms with Crippen molar-refractivity contribution in [3.05, 3.63) is 90.0 Å². The quantitative estimate of drug-likeness (QED) is 0.459. The molecule has 0 aliphatic heterocycles. The van der Waals surface area contributed by atoms with Crippen LogP contribution in [0.2, 0.25) is 0 Å². The Morgan fingerprint density at radius 3 is 2.38 bits per heavy atom. The molecule has 2 aromatic heterocycles. The molecule has 0 atom stereocenters. The monoisotopic (exact) mass is 438 g/mol. The molecule has 2 aromatic carbocycles. The topological polar surface area (TPSA) is 84.7 Å². The number of hydrogen-bond donors (Lipinski definition) is 2. The van der Waals surface area contributed by atoms with Gasteiger partial charge in [0.25, 0.3) is 5.91 Å². The van der Waals surface area contributed by atoms with Crippen molar-refractivity contribution in [2.24, 2.45) is 0 Å². The van der Waals surface area contributed by atoms with Crippen LogP contribution in [0.25, 0.3) is 5.82 Å². The standard InChI is InChI=1S/C22H17F3N6O/c1-14-27-19(13-20(28-14)31-12-4-11-26-31)29-15-7-9-16(10-8-15)30-21(32)17-5-2-3-6-18(17)22(23,24)25/h2-13H,1H3,(H,30,32)(H,27,28,29). The predicted molar refractivity (Wildman–Crippen MR) is 113 cm³/mol. The van der Waals surface area contributed by atoms with Gasteiger partial charge in [-0.1, -0.05) is 12.1 Å². The average Bonchev–Trinajstić information content (AvgIpc) is 3.29. The smallest absolute Gasteiger partial charge is 0.340 e. The first-order valence-corrected chi connectivity index (χ1v) is 9.50. The SMILES string of the molecule is Cc1nc(Nc2ccc(NC(=O)c3ccccc3C(F)(F)F)cc2)cc(-n2cccn2)n1. The van der Waals surface area contributed by atoms with E-state index in [2.05, 4.69) is 25.7 Å². The van der Waals surface area contributed by atoms with Gasteiger partial charge in [0.1, 0.15) is 11.6 Å². The van der Waals surface area contributed by atoms with E-state index < -0.39 is 23.2 Å². The minimum atomic E-state index is -4.62. The van der Waals surface area contributed by atoms with E-state index in [-0.39, 0.29) is 0 Å². The van der Waals surface area contributed by atoms with Crippen molar-refractivity contribution < 1.29 is 18.0 Å². The molecule has 0 saturated heterocycles. The molecule has 0 radical (unpaired) electrons. The molecule has 4 rings (SSSR count). The number of anilines is 3. The van der Waals surface area contributed by atoms with Gasteiger partial charge in [-0.15, -0.1) is 0 Å². The van der Waals surface area contributed by atoms with Crippen molar-refractivity contribution in [2.75, 3.05) is 10.6 Å². The zero-order valence-corrected chi connectivity index (χ0v) is 16.8. The largest absolute Gasteiger partial charge is 0.417 e. The average molecular weight is 438 g/mol. The van der Waals surface area contributed by atoms with Crippen molar-refractivity contribution in [1.82, 2.24) is 19.7 Å². The van der Waals surface area contributed by atoms with Gasteiger partial charge in [-0.3, -0.25) is 4.79 Å². The second-order valence-corrected chi connectivity index (χ2v) is 6.81. The maximum absolute atomic E-state index is 13.2. The number of nitrogens with one attached hydrogen (secondary N) is 2. The van der Waals surface area contributed by atoms with Crippen LogP contribution in [-0.2, 0) is 6.18 Å². The molecule has 10 heteroatoms. The molecule has 0 aliphatic rings. The summed E-state index contributed by atoms with van der Waals surface area (Å²) < 4.78 is 41.1. The van der Waals surface area contributed by atoms with Gasteiger partial charge in [-0.25, -0.2) is 14.6 Å². The minimum Gasteiger partial charge on any atom is -0.340 e. The molecule has 7 nitrogen and oxygen atoms in total. The number of amides is 1. The highest BCUT2D eigenvalue weighted by atomic mass is 19.4. The Kier molecular flexibility index (Phi) is 5.59. The van der Waals surface area contributed by atoms with Gasteiger partial charge in [0.05, 0.1) is 11.1 Å². The normalized spacial score (nSPS) is 11.2. The highest BCUT2D eigenvalue weighted by Crippen LogP contribution is 2.32. The second-order valence-electron chi connectivity index (χ2n) is 6.81. The summed E-state index contributed by atoms with van der Waals surface area (Å²) in [7, 11) is 0. The first-order chi connectivity index (χ1) is 15.3. The van der Waals surface area contributed by atoms with Crippen LogP contribution in [0.15, 0.2) is 73.1 Å². The minimum absolute atomic E-state index is 0.355. The fourth-order valence-electron chi connectivity index (χ4n) is 3.05. The van der Waals surface area contributed by atoms with Gasteiger partial charge in [0, 0.05) is 29.8 Å². The lowest BCUT2D eigenvalue weighted by atomic mass is 10.1. The lowest BCUT2D eigenvalue weighted by molar-refractivity contribution is -0.137. The zero-order chi connectivity index (χ0) is 22.7. The first kappa shape index (κ1) is 21.0. The maximum atomic E-state index is 13.2. The number of hydrogen-bond acceptors (Lipinski definition) is 5. The fraction of sp³-hybridized carbons (Fsp3) is 0.0909. The van der Waals surface area contributed by atoms with E-state index in [0.29, 0.717) is 28.8 Å². The van der Waals surface area contributed by atoms with Gasteiger partial charge in [0.15, 0.2) is 5.82 Å². The molecular formula is C22H17F3N6O. The summed E-state index contributed by atoms with van der Waals surface area (Å²) in [5.74, 6) is 0.845. The summed E-state index contributed by atoms with van der Waals surface area (Å²) in [4.78, 5) is 21.1. The molecule has 0 bridgehead atoms. The van der Waals surface area contributed by atoms with E-state index >= 15 is 0 Å².